The van der Waals surface area contributed by atoms with Crippen LogP contribution >= 0.6 is 0 Å². The molecule has 0 aromatic heterocycles. The summed E-state index contributed by atoms with van der Waals surface area (Å²) in [5.74, 6) is -3.18. The molecular formula is C26H25F2N3O4S. The van der Waals surface area contributed by atoms with E-state index in [1.165, 1.54) is 4.90 Å². The average Bonchev–Trinajstić information content (AvgIpc) is 3.36. The van der Waals surface area contributed by atoms with E-state index >= 15 is 0 Å². The van der Waals surface area contributed by atoms with Crippen LogP contribution in [0.1, 0.15) is 30.0 Å². The molecule has 0 radical (unpaired) electrons. The number of nitrogens with zero attached hydrogens (tertiary/aromatic N) is 1. The first-order valence-electron chi connectivity index (χ1n) is 11.4. The van der Waals surface area contributed by atoms with Gasteiger partial charge in [0.25, 0.3) is 0 Å². The molecule has 1 aliphatic heterocycles. The van der Waals surface area contributed by atoms with Gasteiger partial charge in [0, 0.05) is 19.2 Å². The molecule has 0 bridgehead atoms. The van der Waals surface area contributed by atoms with Gasteiger partial charge in [-0.3, -0.25) is 9.59 Å². The number of hydrogen-bond donors (Lipinski definition) is 2. The summed E-state index contributed by atoms with van der Waals surface area (Å²) in [5.41, 5.74) is 1.22. The van der Waals surface area contributed by atoms with Gasteiger partial charge in [0.05, 0.1) is 0 Å². The van der Waals surface area contributed by atoms with Crippen LogP contribution in [0.2, 0.25) is 0 Å². The van der Waals surface area contributed by atoms with Crippen LogP contribution in [-0.2, 0) is 26.2 Å². The van der Waals surface area contributed by atoms with E-state index in [4.69, 9.17) is 0 Å². The SMILES string of the molecule is O=C(NCc1ccccc1)[C@@H]1CCCN1C(=O)[C@@H](NS(=O)(=O)c1ccc(F)cc1F)c1ccccc1. The number of hydrogen-bond acceptors (Lipinski definition) is 4. The van der Waals surface area contributed by atoms with Crippen LogP contribution in [0.25, 0.3) is 0 Å². The Morgan fingerprint density at radius 3 is 2.31 bits per heavy atom. The molecule has 36 heavy (non-hydrogen) atoms. The largest absolute Gasteiger partial charge is 0.350 e. The predicted molar refractivity (Wildman–Crippen MR) is 129 cm³/mol. The highest BCUT2D eigenvalue weighted by Crippen LogP contribution is 2.26. The molecule has 2 amide bonds. The second-order valence-corrected chi connectivity index (χ2v) is 10.1. The van der Waals surface area contributed by atoms with Crippen molar-refractivity contribution in [2.45, 2.75) is 36.4 Å². The van der Waals surface area contributed by atoms with Gasteiger partial charge in [-0.05, 0) is 36.1 Å². The Morgan fingerprint density at radius 1 is 0.972 bits per heavy atom. The first-order valence-corrected chi connectivity index (χ1v) is 12.9. The van der Waals surface area contributed by atoms with E-state index in [1.54, 1.807) is 30.3 Å². The molecule has 0 aliphatic carbocycles. The van der Waals surface area contributed by atoms with Gasteiger partial charge in [-0.25, -0.2) is 17.2 Å². The number of carbonyl (C=O) groups is 2. The van der Waals surface area contributed by atoms with Crippen LogP contribution in [0.3, 0.4) is 0 Å². The number of sulfonamides is 1. The van der Waals surface area contributed by atoms with Crippen molar-refractivity contribution in [3.05, 3.63) is 102 Å². The summed E-state index contributed by atoms with van der Waals surface area (Å²) in [6, 6.07) is 17.3. The number of amides is 2. The molecule has 1 fully saturated rings. The number of nitrogens with one attached hydrogen (secondary N) is 2. The van der Waals surface area contributed by atoms with E-state index in [9.17, 15) is 26.8 Å². The molecule has 2 N–H and O–H groups in total. The summed E-state index contributed by atoms with van der Waals surface area (Å²) in [7, 11) is -4.55. The molecule has 1 aliphatic rings. The Bertz CT molecular complexity index is 1340. The minimum atomic E-state index is -4.55. The van der Waals surface area contributed by atoms with Crippen molar-refractivity contribution in [3.63, 3.8) is 0 Å². The normalized spacial score (nSPS) is 16.5. The third-order valence-electron chi connectivity index (χ3n) is 5.98. The van der Waals surface area contributed by atoms with Gasteiger partial charge in [0.15, 0.2) is 0 Å². The molecule has 4 rings (SSSR count). The summed E-state index contributed by atoms with van der Waals surface area (Å²) in [5, 5.41) is 2.83. The quantitative estimate of drug-likeness (QED) is 0.483. The molecule has 0 unspecified atom stereocenters. The molecule has 3 aromatic rings. The van der Waals surface area contributed by atoms with Crippen molar-refractivity contribution in [1.29, 1.82) is 0 Å². The summed E-state index contributed by atoms with van der Waals surface area (Å²) < 4.78 is 55.9. The summed E-state index contributed by atoms with van der Waals surface area (Å²) >= 11 is 0. The van der Waals surface area contributed by atoms with Gasteiger partial charge >= 0.3 is 0 Å². The fraction of sp³-hybridized carbons (Fsp3) is 0.231. The number of rotatable bonds is 8. The highest BCUT2D eigenvalue weighted by Gasteiger charge is 2.39. The topological polar surface area (TPSA) is 95.6 Å². The summed E-state index contributed by atoms with van der Waals surface area (Å²) in [6.07, 6.45) is 0.989. The fourth-order valence-electron chi connectivity index (χ4n) is 4.19. The van der Waals surface area contributed by atoms with Crippen LogP contribution in [0.15, 0.2) is 83.8 Å². The van der Waals surface area contributed by atoms with E-state index in [0.717, 1.165) is 17.7 Å². The minimum absolute atomic E-state index is 0.262. The standard InChI is InChI=1S/C26H25F2N3O4S/c27-20-13-14-23(21(28)16-20)36(34,35)30-24(19-10-5-2-6-11-19)26(33)31-15-7-12-22(31)25(32)29-17-18-8-3-1-4-9-18/h1-6,8-11,13-14,16,22,24,30H,7,12,15,17H2,(H,29,32)/t22-,24-/m0/s1. The minimum Gasteiger partial charge on any atom is -0.350 e. The van der Waals surface area contributed by atoms with Crippen LogP contribution in [0.5, 0.6) is 0 Å². The highest BCUT2D eigenvalue weighted by atomic mass is 32.2. The molecule has 0 saturated carbocycles. The van der Waals surface area contributed by atoms with Gasteiger partial charge in [-0.15, -0.1) is 0 Å². The van der Waals surface area contributed by atoms with Crippen LogP contribution in [-0.4, -0.2) is 37.7 Å². The molecule has 1 heterocycles. The average molecular weight is 514 g/mol. The van der Waals surface area contributed by atoms with Crippen molar-refractivity contribution in [2.24, 2.45) is 0 Å². The van der Waals surface area contributed by atoms with Crippen LogP contribution in [0.4, 0.5) is 8.78 Å². The second-order valence-electron chi connectivity index (χ2n) is 8.43. The van der Waals surface area contributed by atoms with E-state index < -0.39 is 44.5 Å². The Morgan fingerprint density at radius 2 is 1.64 bits per heavy atom. The highest BCUT2D eigenvalue weighted by molar-refractivity contribution is 7.89. The van der Waals surface area contributed by atoms with Crippen LogP contribution in [0, 0.1) is 11.6 Å². The lowest BCUT2D eigenvalue weighted by atomic mass is 10.1. The third-order valence-corrected chi connectivity index (χ3v) is 7.44. The Balaban J connectivity index is 1.58. The zero-order valence-electron chi connectivity index (χ0n) is 19.2. The van der Waals surface area contributed by atoms with E-state index in [-0.39, 0.29) is 19.0 Å². The molecule has 1 saturated heterocycles. The molecule has 3 aromatic carbocycles. The molecule has 2 atom stereocenters. The fourth-order valence-corrected chi connectivity index (χ4v) is 5.43. The van der Waals surface area contributed by atoms with Gasteiger partial charge in [0.2, 0.25) is 21.8 Å². The van der Waals surface area contributed by atoms with Gasteiger partial charge in [0.1, 0.15) is 28.6 Å². The summed E-state index contributed by atoms with van der Waals surface area (Å²) in [6.45, 7) is 0.551. The van der Waals surface area contributed by atoms with Crippen molar-refractivity contribution in [3.8, 4) is 0 Å². The van der Waals surface area contributed by atoms with E-state index in [1.807, 2.05) is 30.3 Å². The third kappa shape index (κ3) is 5.77. The monoisotopic (exact) mass is 513 g/mol. The number of benzene rings is 3. The van der Waals surface area contributed by atoms with E-state index in [2.05, 4.69) is 10.0 Å². The molecule has 188 valence electrons. The number of carbonyl (C=O) groups excluding carboxylic acids is 2. The zero-order chi connectivity index (χ0) is 25.7. The smallest absolute Gasteiger partial charge is 0.245 e. The maximum atomic E-state index is 14.3. The van der Waals surface area contributed by atoms with Crippen molar-refractivity contribution in [1.82, 2.24) is 14.9 Å². The Labute approximate surface area is 208 Å². The zero-order valence-corrected chi connectivity index (χ0v) is 20.0. The molecule has 0 spiro atoms. The van der Waals surface area contributed by atoms with Gasteiger partial charge < -0.3 is 10.2 Å². The van der Waals surface area contributed by atoms with Crippen molar-refractivity contribution < 1.29 is 26.8 Å². The molecule has 7 nitrogen and oxygen atoms in total. The van der Waals surface area contributed by atoms with Gasteiger partial charge in [-0.1, -0.05) is 60.7 Å². The van der Waals surface area contributed by atoms with E-state index in [0.29, 0.717) is 24.5 Å². The predicted octanol–water partition coefficient (Wildman–Crippen LogP) is 3.29. The number of halogens is 2. The molecular weight excluding hydrogens is 488 g/mol. The first-order chi connectivity index (χ1) is 17.3. The lowest BCUT2D eigenvalue weighted by Gasteiger charge is -2.29. The van der Waals surface area contributed by atoms with Crippen molar-refractivity contribution in [2.75, 3.05) is 6.54 Å². The molecule has 10 heteroatoms. The van der Waals surface area contributed by atoms with Crippen molar-refractivity contribution >= 4 is 21.8 Å². The first kappa shape index (κ1) is 25.5. The summed E-state index contributed by atoms with van der Waals surface area (Å²) in [4.78, 5) is 27.2. The maximum Gasteiger partial charge on any atom is 0.245 e. The lowest BCUT2D eigenvalue weighted by Crippen LogP contribution is -2.50. The van der Waals surface area contributed by atoms with Crippen LogP contribution < -0.4 is 10.0 Å². The number of likely N-dealkylation sites (tertiary alicyclic amines) is 1. The van der Waals surface area contributed by atoms with Gasteiger partial charge in [-0.2, -0.15) is 4.72 Å². The maximum absolute atomic E-state index is 14.3. The lowest BCUT2D eigenvalue weighted by molar-refractivity contribution is -0.139. The Kier molecular flexibility index (Phi) is 7.76. The second kappa shape index (κ2) is 11.0. The Hall–Kier alpha value is -3.63.